The molecule has 3 aromatic carbocycles. The predicted molar refractivity (Wildman–Crippen MR) is 197 cm³/mol. The molecule has 0 bridgehead atoms. The lowest BCUT2D eigenvalue weighted by atomic mass is 9.76. The molecule has 238 valence electrons. The monoisotopic (exact) mass is 655 g/mol. The van der Waals surface area contributed by atoms with E-state index in [1.807, 2.05) is 85.8 Å². The molecule has 0 spiro atoms. The van der Waals surface area contributed by atoms with E-state index < -0.39 is 24.2 Å². The van der Waals surface area contributed by atoms with E-state index in [-0.39, 0.29) is 0 Å². The van der Waals surface area contributed by atoms with Crippen molar-refractivity contribution in [1.29, 1.82) is 0 Å². The minimum absolute atomic E-state index is 0.449. The number of hydrogen-bond donors (Lipinski definition) is 2. The third-order valence-electron chi connectivity index (χ3n) is 6.37. The van der Waals surface area contributed by atoms with Gasteiger partial charge in [0.05, 0.1) is 19.3 Å². The van der Waals surface area contributed by atoms with Crippen LogP contribution >= 0.6 is 0 Å². The maximum Gasteiger partial charge on any atom is 0.325 e. The Hall–Kier alpha value is -7.99. The maximum atomic E-state index is 12.7. The first kappa shape index (κ1) is 37.5. The van der Waals surface area contributed by atoms with Gasteiger partial charge in [0.2, 0.25) is 0 Å². The van der Waals surface area contributed by atoms with E-state index in [2.05, 4.69) is 130 Å². The topological polar surface area (TPSA) is 67.8 Å². The van der Waals surface area contributed by atoms with E-state index in [9.17, 15) is 9.90 Å². The fourth-order valence-electron chi connectivity index (χ4n) is 4.41. The van der Waals surface area contributed by atoms with Gasteiger partial charge >= 0.3 is 5.97 Å². The Morgan fingerprint density at radius 2 is 1.10 bits per heavy atom. The van der Waals surface area contributed by atoms with E-state index in [0.717, 1.165) is 22.3 Å². The van der Waals surface area contributed by atoms with Crippen LogP contribution in [0.3, 0.4) is 0 Å². The number of carbonyl (C=O) groups is 1. The highest BCUT2D eigenvalue weighted by Crippen LogP contribution is 2.39. The molecular weight excluding hydrogens is 631 g/mol. The second-order valence-electron chi connectivity index (χ2n) is 9.64. The van der Waals surface area contributed by atoms with E-state index in [0.29, 0.717) is 5.75 Å². The van der Waals surface area contributed by atoms with Gasteiger partial charge in [-0.1, -0.05) is 66.7 Å². The van der Waals surface area contributed by atoms with Crippen molar-refractivity contribution in [2.24, 2.45) is 0 Å². The summed E-state index contributed by atoms with van der Waals surface area (Å²) in [5, 5.41) is 13.6. The molecule has 0 fully saturated rings. The summed E-state index contributed by atoms with van der Waals surface area (Å²) in [6.07, 6.45) is 7.55. The highest BCUT2D eigenvalue weighted by Gasteiger charge is 2.40. The molecule has 1 unspecified atom stereocenters. The quantitative estimate of drug-likeness (QED) is 0.221. The van der Waals surface area contributed by atoms with Crippen LogP contribution in [0.15, 0.2) is 78.9 Å². The Labute approximate surface area is 299 Å². The summed E-state index contributed by atoms with van der Waals surface area (Å²) in [7, 11) is 1.28. The van der Waals surface area contributed by atoms with Crippen molar-refractivity contribution >= 4 is 5.97 Å². The van der Waals surface area contributed by atoms with Crippen molar-refractivity contribution in [3.63, 3.8) is 0 Å². The number of methoxy groups -OCH3 is 1. The van der Waals surface area contributed by atoms with Crippen LogP contribution in [0.2, 0.25) is 0 Å². The molecule has 5 nitrogen and oxygen atoms in total. The van der Waals surface area contributed by atoms with E-state index >= 15 is 0 Å². The first-order chi connectivity index (χ1) is 25.0. The third-order valence-corrected chi connectivity index (χ3v) is 6.37. The molecule has 0 aromatic heterocycles. The number of carbonyl (C=O) groups excluding carboxylic acids is 1. The van der Waals surface area contributed by atoms with E-state index in [1.165, 1.54) is 7.11 Å². The van der Waals surface area contributed by atoms with Crippen LogP contribution in [0.5, 0.6) is 5.75 Å². The van der Waals surface area contributed by atoms with Crippen LogP contribution in [0.4, 0.5) is 0 Å². The summed E-state index contributed by atoms with van der Waals surface area (Å²) in [5.74, 6) is 49.7. The van der Waals surface area contributed by atoms with Gasteiger partial charge in [-0.25, -0.2) is 0 Å². The average molecular weight is 656 g/mol. The lowest BCUT2D eigenvalue weighted by Gasteiger charge is -2.39. The number of esters is 1. The van der Waals surface area contributed by atoms with Crippen molar-refractivity contribution in [1.82, 2.24) is 5.32 Å². The second-order valence-corrected chi connectivity index (χ2v) is 9.64. The fraction of sp³-hybridized carbons (Fsp3) is 0.109. The largest absolute Gasteiger partial charge is 0.468 e. The highest BCUT2D eigenvalue weighted by atomic mass is 16.5. The predicted octanol–water partition coefficient (Wildman–Crippen LogP) is 3.41. The van der Waals surface area contributed by atoms with Crippen molar-refractivity contribution in [2.75, 3.05) is 13.7 Å². The van der Waals surface area contributed by atoms with Crippen LogP contribution in [0.25, 0.3) is 0 Å². The Balaban J connectivity index is 1.79. The molecule has 0 aliphatic carbocycles. The average Bonchev–Trinajstić information content (AvgIpc) is 3.16. The minimum Gasteiger partial charge on any atom is -0.468 e. The Morgan fingerprint density at radius 3 is 1.51 bits per heavy atom. The van der Waals surface area contributed by atoms with Crippen molar-refractivity contribution in [3.8, 4) is 137 Å². The summed E-state index contributed by atoms with van der Waals surface area (Å²) in [6, 6.07) is 23.8. The molecule has 1 atom stereocenters. The molecule has 0 saturated carbocycles. The van der Waals surface area contributed by atoms with Crippen LogP contribution in [-0.2, 0) is 15.1 Å². The SMILES string of the molecule is C#CC#CC#CC#CC#CC#CC#CC#CC#CC#CC#COc1cc(C)cc(C(NC(CO)C(=O)OC)(c2ccccc2)c2ccccc2)c1. The van der Waals surface area contributed by atoms with Gasteiger partial charge in [-0.05, 0) is 88.7 Å². The lowest BCUT2D eigenvalue weighted by Crippen LogP contribution is -2.54. The number of hydrogen-bond acceptors (Lipinski definition) is 5. The highest BCUT2D eigenvalue weighted by molar-refractivity contribution is 5.76. The molecule has 3 aromatic rings. The third kappa shape index (κ3) is 12.3. The molecule has 0 aliphatic rings. The number of aryl methyl sites for hydroxylation is 1. The molecule has 0 saturated heterocycles. The van der Waals surface area contributed by atoms with Crippen molar-refractivity contribution in [3.05, 3.63) is 101 Å². The van der Waals surface area contributed by atoms with Gasteiger partial charge in [0, 0.05) is 71.0 Å². The van der Waals surface area contributed by atoms with Crippen LogP contribution < -0.4 is 10.1 Å². The number of benzene rings is 3. The smallest absolute Gasteiger partial charge is 0.325 e. The van der Waals surface area contributed by atoms with Gasteiger partial charge in [0.15, 0.2) is 0 Å². The standard InChI is InChI=1S/C46H25NO4/c1-4-5-6-7-8-9-10-11-12-13-14-15-16-17-18-19-20-21-22-29-34-51-43-36-39(2)35-42(37-43)46(40-30-25-23-26-31-40,41-32-27-24-28-33-41)47-44(38-48)45(49)50-3/h1,23-28,30-33,35-37,44,47-48H,38H2,2-3H3. The van der Waals surface area contributed by atoms with Gasteiger partial charge < -0.3 is 14.6 Å². The molecular formula is C46H25NO4. The summed E-state index contributed by atoms with van der Waals surface area (Å²) in [4.78, 5) is 12.7. The van der Waals surface area contributed by atoms with E-state index in [4.69, 9.17) is 15.9 Å². The van der Waals surface area contributed by atoms with Gasteiger partial charge in [-0.3, -0.25) is 10.1 Å². The van der Waals surface area contributed by atoms with Crippen LogP contribution in [0.1, 0.15) is 22.3 Å². The molecule has 0 heterocycles. The summed E-state index contributed by atoms with van der Waals surface area (Å²) >= 11 is 0. The minimum atomic E-state index is -1.09. The second kappa shape index (κ2) is 21.7. The molecule has 0 amide bonds. The zero-order valence-electron chi connectivity index (χ0n) is 27.5. The zero-order chi connectivity index (χ0) is 36.4. The number of rotatable bonds is 8. The van der Waals surface area contributed by atoms with Crippen LogP contribution in [0, 0.1) is 138 Å². The number of ether oxygens (including phenoxy) is 2. The summed E-state index contributed by atoms with van der Waals surface area (Å²) in [5.41, 5.74) is 2.19. The normalized spacial score (nSPS) is 8.82. The van der Waals surface area contributed by atoms with Gasteiger partial charge in [-0.2, -0.15) is 0 Å². The molecule has 5 heteroatoms. The zero-order valence-corrected chi connectivity index (χ0v) is 27.5. The number of aliphatic hydroxyl groups excluding tert-OH is 1. The number of terminal acetylenes is 1. The Kier molecular flexibility index (Phi) is 16.0. The van der Waals surface area contributed by atoms with Crippen LogP contribution in [-0.4, -0.2) is 30.8 Å². The maximum absolute atomic E-state index is 12.7. The summed E-state index contributed by atoms with van der Waals surface area (Å²) in [6.45, 7) is 1.44. The van der Waals surface area contributed by atoms with Gasteiger partial charge in [-0.15, -0.1) is 6.42 Å². The lowest BCUT2D eigenvalue weighted by molar-refractivity contribution is -0.144. The first-order valence-electron chi connectivity index (χ1n) is 14.9. The Morgan fingerprint density at radius 1 is 0.667 bits per heavy atom. The Bertz CT molecular complexity index is 2400. The molecule has 0 radical (unpaired) electrons. The van der Waals surface area contributed by atoms with Crippen molar-refractivity contribution in [2.45, 2.75) is 18.5 Å². The van der Waals surface area contributed by atoms with Crippen molar-refractivity contribution < 1.29 is 19.4 Å². The molecule has 3 rings (SSSR count). The molecule has 51 heavy (non-hydrogen) atoms. The first-order valence-corrected chi connectivity index (χ1v) is 14.9. The number of nitrogens with one attached hydrogen (secondary N) is 1. The molecule has 2 N–H and O–H groups in total. The summed E-state index contributed by atoms with van der Waals surface area (Å²) < 4.78 is 10.8. The number of aliphatic hydroxyl groups is 1. The van der Waals surface area contributed by atoms with Gasteiger partial charge in [0.1, 0.15) is 17.9 Å². The van der Waals surface area contributed by atoms with Gasteiger partial charge in [0.25, 0.3) is 0 Å². The molecule has 0 aliphatic heterocycles. The fourth-order valence-corrected chi connectivity index (χ4v) is 4.41. The van der Waals surface area contributed by atoms with E-state index in [1.54, 1.807) is 0 Å².